The molecule has 1 radical (unpaired) electrons. The van der Waals surface area contributed by atoms with E-state index in [4.69, 9.17) is 11.6 Å². The molecule has 1 aliphatic rings. The quantitative estimate of drug-likeness (QED) is 0.490. The third kappa shape index (κ3) is 0.571. The van der Waals surface area contributed by atoms with E-state index < -0.39 is 0 Å². The molecular weight excluding hydrogens is 101 g/mol. The van der Waals surface area contributed by atoms with Gasteiger partial charge in [0, 0.05) is 0 Å². The molecule has 1 N–H and O–H groups in total. The minimum Gasteiger partial charge on any atom is -0.452 e. The largest absolute Gasteiger partial charge is 0.452 e. The number of halogens is 1. The SMILES string of the molecule is ClC1=CN[CH]O1. The fraction of sp³-hybridized carbons (Fsp3) is 0. The van der Waals surface area contributed by atoms with E-state index in [0.717, 1.165) is 0 Å². The van der Waals surface area contributed by atoms with Gasteiger partial charge in [-0.2, -0.15) is 0 Å². The highest BCUT2D eigenvalue weighted by molar-refractivity contribution is 6.28. The van der Waals surface area contributed by atoms with Gasteiger partial charge in [0.05, 0.1) is 6.20 Å². The monoisotopic (exact) mass is 104 g/mol. The lowest BCUT2D eigenvalue weighted by atomic mass is 11.0. The molecule has 0 aromatic heterocycles. The van der Waals surface area contributed by atoms with E-state index in [1.54, 1.807) is 6.20 Å². The van der Waals surface area contributed by atoms with Gasteiger partial charge in [0.2, 0.25) is 11.9 Å². The summed E-state index contributed by atoms with van der Waals surface area (Å²) in [4.78, 5) is 0. The molecule has 0 atom stereocenters. The number of ether oxygens (including phenoxy) is 1. The Kier molecular flexibility index (Phi) is 0.881. The second-order valence-corrected chi connectivity index (χ2v) is 1.22. The summed E-state index contributed by atoms with van der Waals surface area (Å²) in [6.07, 6.45) is 1.56. The van der Waals surface area contributed by atoms with Crippen molar-refractivity contribution in [1.29, 1.82) is 0 Å². The van der Waals surface area contributed by atoms with Gasteiger partial charge in [-0.3, -0.25) is 0 Å². The van der Waals surface area contributed by atoms with Crippen LogP contribution in [-0.4, -0.2) is 0 Å². The van der Waals surface area contributed by atoms with Crippen LogP contribution in [0.3, 0.4) is 0 Å². The van der Waals surface area contributed by atoms with Crippen LogP contribution in [0.2, 0.25) is 0 Å². The summed E-state index contributed by atoms with van der Waals surface area (Å²) in [5.41, 5.74) is 0. The highest BCUT2D eigenvalue weighted by Crippen LogP contribution is 2.06. The van der Waals surface area contributed by atoms with Gasteiger partial charge in [-0.1, -0.05) is 0 Å². The van der Waals surface area contributed by atoms with Gasteiger partial charge in [0.15, 0.2) is 0 Å². The predicted molar refractivity (Wildman–Crippen MR) is 22.5 cm³/mol. The van der Waals surface area contributed by atoms with Gasteiger partial charge in [0.25, 0.3) is 0 Å². The van der Waals surface area contributed by atoms with Crippen LogP contribution >= 0.6 is 11.6 Å². The summed E-state index contributed by atoms with van der Waals surface area (Å²) < 4.78 is 4.54. The van der Waals surface area contributed by atoms with Crippen LogP contribution in [0.5, 0.6) is 0 Å². The number of rotatable bonds is 0. The molecule has 2 nitrogen and oxygen atoms in total. The highest BCUT2D eigenvalue weighted by atomic mass is 35.5. The molecule has 33 valence electrons. The van der Waals surface area contributed by atoms with Crippen LogP contribution in [0.15, 0.2) is 11.4 Å². The maximum absolute atomic E-state index is 5.26. The lowest BCUT2D eigenvalue weighted by Gasteiger charge is -1.84. The van der Waals surface area contributed by atoms with Crippen molar-refractivity contribution in [2.24, 2.45) is 0 Å². The molecule has 0 bridgehead atoms. The van der Waals surface area contributed by atoms with Crippen molar-refractivity contribution in [2.45, 2.75) is 0 Å². The second kappa shape index (κ2) is 1.39. The van der Waals surface area contributed by atoms with Gasteiger partial charge in [-0.15, -0.1) is 0 Å². The average Bonchev–Trinajstić information content (AvgIpc) is 1.86. The standard InChI is InChI=1S/C3H3ClNO/c4-3-1-5-2-6-3/h1-2,5H. The fourth-order valence-corrected chi connectivity index (χ4v) is 0.331. The Balaban J connectivity index is 2.45. The Hall–Kier alpha value is -0.370. The molecule has 0 aliphatic carbocycles. The van der Waals surface area contributed by atoms with E-state index in [0.29, 0.717) is 5.22 Å². The topological polar surface area (TPSA) is 21.3 Å². The minimum atomic E-state index is 0.384. The summed E-state index contributed by atoms with van der Waals surface area (Å²) >= 11 is 5.26. The summed E-state index contributed by atoms with van der Waals surface area (Å²) in [6.45, 7) is 1.41. The molecule has 1 rings (SSSR count). The molecule has 0 saturated heterocycles. The molecule has 3 heteroatoms. The third-order valence-corrected chi connectivity index (χ3v) is 0.635. The number of hydrogen-bond acceptors (Lipinski definition) is 2. The first-order chi connectivity index (χ1) is 2.89. The smallest absolute Gasteiger partial charge is 0.227 e. The zero-order valence-corrected chi connectivity index (χ0v) is 3.70. The van der Waals surface area contributed by atoms with Crippen LogP contribution in [-0.2, 0) is 4.74 Å². The van der Waals surface area contributed by atoms with E-state index in [-0.39, 0.29) is 0 Å². The van der Waals surface area contributed by atoms with Crippen molar-refractivity contribution in [3.8, 4) is 0 Å². The Morgan fingerprint density at radius 1 is 1.83 bits per heavy atom. The molecule has 0 amide bonds. The summed E-state index contributed by atoms with van der Waals surface area (Å²) in [6, 6.07) is 0. The van der Waals surface area contributed by atoms with Gasteiger partial charge in [0.1, 0.15) is 0 Å². The Morgan fingerprint density at radius 2 is 2.67 bits per heavy atom. The lowest BCUT2D eigenvalue weighted by Crippen LogP contribution is -1.90. The molecule has 0 unspecified atom stereocenters. The van der Waals surface area contributed by atoms with E-state index in [1.807, 2.05) is 0 Å². The maximum atomic E-state index is 5.26. The average molecular weight is 105 g/mol. The molecule has 0 saturated carbocycles. The molecular formula is C3H3ClNO. The molecule has 1 heterocycles. The Morgan fingerprint density at radius 3 is 2.83 bits per heavy atom. The maximum Gasteiger partial charge on any atom is 0.227 e. The molecule has 0 aromatic rings. The zero-order chi connectivity index (χ0) is 4.41. The second-order valence-electron chi connectivity index (χ2n) is 0.851. The number of nitrogens with one attached hydrogen (secondary N) is 1. The van der Waals surface area contributed by atoms with E-state index in [1.165, 1.54) is 6.73 Å². The van der Waals surface area contributed by atoms with Crippen molar-refractivity contribution in [1.82, 2.24) is 5.32 Å². The molecule has 6 heavy (non-hydrogen) atoms. The van der Waals surface area contributed by atoms with E-state index >= 15 is 0 Å². The summed E-state index contributed by atoms with van der Waals surface area (Å²) in [5.74, 6) is 0. The first-order valence-electron chi connectivity index (χ1n) is 1.49. The number of hydrogen-bond donors (Lipinski definition) is 1. The molecule has 1 aliphatic heterocycles. The molecule has 0 fully saturated rings. The van der Waals surface area contributed by atoms with Gasteiger partial charge >= 0.3 is 0 Å². The van der Waals surface area contributed by atoms with Crippen molar-refractivity contribution in [3.05, 3.63) is 18.1 Å². The molecule has 0 aromatic carbocycles. The third-order valence-electron chi connectivity index (χ3n) is 0.436. The van der Waals surface area contributed by atoms with E-state index in [9.17, 15) is 0 Å². The molecule has 0 spiro atoms. The Labute approximate surface area is 40.7 Å². The van der Waals surface area contributed by atoms with Crippen LogP contribution in [0.25, 0.3) is 0 Å². The predicted octanol–water partition coefficient (Wildman–Crippen LogP) is 0.763. The van der Waals surface area contributed by atoms with Crippen LogP contribution in [0, 0.1) is 6.73 Å². The van der Waals surface area contributed by atoms with Crippen molar-refractivity contribution >= 4 is 11.6 Å². The van der Waals surface area contributed by atoms with Crippen LogP contribution in [0.4, 0.5) is 0 Å². The Bertz CT molecular complexity index is 80.9. The first-order valence-corrected chi connectivity index (χ1v) is 1.87. The van der Waals surface area contributed by atoms with E-state index in [2.05, 4.69) is 10.1 Å². The van der Waals surface area contributed by atoms with Crippen LogP contribution in [0.1, 0.15) is 0 Å². The van der Waals surface area contributed by atoms with Gasteiger partial charge in [-0.25, -0.2) is 0 Å². The van der Waals surface area contributed by atoms with Crippen molar-refractivity contribution < 1.29 is 4.74 Å². The van der Waals surface area contributed by atoms with Crippen molar-refractivity contribution in [3.63, 3.8) is 0 Å². The van der Waals surface area contributed by atoms with Crippen LogP contribution < -0.4 is 5.32 Å². The zero-order valence-electron chi connectivity index (χ0n) is 2.94. The van der Waals surface area contributed by atoms with Gasteiger partial charge in [-0.05, 0) is 11.6 Å². The highest BCUT2D eigenvalue weighted by Gasteiger charge is 1.97. The lowest BCUT2D eigenvalue weighted by molar-refractivity contribution is 0.331. The first kappa shape index (κ1) is 3.81. The van der Waals surface area contributed by atoms with Gasteiger partial charge < -0.3 is 10.1 Å². The van der Waals surface area contributed by atoms with Crippen molar-refractivity contribution in [2.75, 3.05) is 0 Å². The minimum absolute atomic E-state index is 0.384. The normalized spacial score (nSPS) is 18.5. The fourth-order valence-electron chi connectivity index (χ4n) is 0.224. The summed E-state index contributed by atoms with van der Waals surface area (Å²) in [7, 11) is 0. The summed E-state index contributed by atoms with van der Waals surface area (Å²) in [5, 5.41) is 3.02.